The number of carbonyl (C=O) groups is 2. The first-order valence-corrected chi connectivity index (χ1v) is 12.0. The summed E-state index contributed by atoms with van der Waals surface area (Å²) in [6.45, 7) is 5.88. The van der Waals surface area contributed by atoms with Gasteiger partial charge in [-0.15, -0.1) is 0 Å². The molecule has 0 radical (unpaired) electrons. The molecule has 1 atom stereocenters. The Hall–Kier alpha value is -4.17. The molecule has 3 aromatic carbocycles. The molecule has 8 heteroatoms. The van der Waals surface area contributed by atoms with Crippen molar-refractivity contribution in [1.29, 1.82) is 0 Å². The van der Waals surface area contributed by atoms with Crippen LogP contribution in [0.25, 0.3) is 11.0 Å². The lowest BCUT2D eigenvalue weighted by Gasteiger charge is -2.14. The summed E-state index contributed by atoms with van der Waals surface area (Å²) in [6.07, 6.45) is 0.924. The van der Waals surface area contributed by atoms with Crippen LogP contribution < -0.4 is 20.7 Å². The van der Waals surface area contributed by atoms with Crippen LogP contribution in [0.1, 0.15) is 46.7 Å². The zero-order chi connectivity index (χ0) is 25.7. The first kappa shape index (κ1) is 24.9. The number of amides is 2. The smallest absolute Gasteiger partial charge is 0.291 e. The van der Waals surface area contributed by atoms with Gasteiger partial charge in [0.15, 0.2) is 10.9 Å². The minimum Gasteiger partial charge on any atom is -0.491 e. The molecule has 2 amide bonds. The third-order valence-corrected chi connectivity index (χ3v) is 5.82. The molecular weight excluding hydrogens is 474 g/mol. The summed E-state index contributed by atoms with van der Waals surface area (Å²) >= 11 is 5.32. The van der Waals surface area contributed by atoms with Gasteiger partial charge in [-0.05, 0) is 86.6 Å². The molecule has 36 heavy (non-hydrogen) atoms. The number of rotatable bonds is 7. The highest BCUT2D eigenvalue weighted by Crippen LogP contribution is 2.23. The SMILES string of the molecule is CCC(C)Oc1cccc(C(=O)NC(=S)Nc2ccc(NC(=O)c3cc4ccccc4o3)c(C)c2)c1. The van der Waals surface area contributed by atoms with Gasteiger partial charge in [-0.2, -0.15) is 0 Å². The third-order valence-electron chi connectivity index (χ3n) is 5.62. The first-order valence-electron chi connectivity index (χ1n) is 11.6. The van der Waals surface area contributed by atoms with Gasteiger partial charge in [0, 0.05) is 22.3 Å². The zero-order valence-electron chi connectivity index (χ0n) is 20.3. The number of aryl methyl sites for hydroxylation is 1. The van der Waals surface area contributed by atoms with E-state index >= 15 is 0 Å². The lowest BCUT2D eigenvalue weighted by Crippen LogP contribution is -2.34. The highest BCUT2D eigenvalue weighted by atomic mass is 32.1. The largest absolute Gasteiger partial charge is 0.491 e. The van der Waals surface area contributed by atoms with Gasteiger partial charge in [0.2, 0.25) is 0 Å². The van der Waals surface area contributed by atoms with Gasteiger partial charge in [-0.1, -0.05) is 31.2 Å². The van der Waals surface area contributed by atoms with Crippen LogP contribution in [0, 0.1) is 6.92 Å². The molecule has 1 unspecified atom stereocenters. The highest BCUT2D eigenvalue weighted by molar-refractivity contribution is 7.80. The molecule has 4 aromatic rings. The number of benzene rings is 3. The topological polar surface area (TPSA) is 92.6 Å². The molecular formula is C28H27N3O4S. The number of para-hydroxylation sites is 1. The Bertz CT molecular complexity index is 1400. The van der Waals surface area contributed by atoms with Crippen molar-refractivity contribution in [3.05, 3.63) is 89.7 Å². The van der Waals surface area contributed by atoms with Crippen molar-refractivity contribution in [1.82, 2.24) is 5.32 Å². The van der Waals surface area contributed by atoms with E-state index in [4.69, 9.17) is 21.4 Å². The second-order valence-electron chi connectivity index (χ2n) is 8.41. The van der Waals surface area contributed by atoms with Crippen LogP contribution in [-0.4, -0.2) is 23.0 Å². The summed E-state index contributed by atoms with van der Waals surface area (Å²) in [5.41, 5.74) is 3.23. The Morgan fingerprint density at radius 3 is 2.53 bits per heavy atom. The lowest BCUT2D eigenvalue weighted by molar-refractivity contribution is 0.0974. The third kappa shape index (κ3) is 6.09. The van der Waals surface area contributed by atoms with E-state index in [9.17, 15) is 9.59 Å². The van der Waals surface area contributed by atoms with Crippen LogP contribution in [0.4, 0.5) is 11.4 Å². The molecule has 0 aliphatic heterocycles. The van der Waals surface area contributed by atoms with Crippen LogP contribution >= 0.6 is 12.2 Å². The van der Waals surface area contributed by atoms with Crippen molar-refractivity contribution < 1.29 is 18.7 Å². The number of anilines is 2. The normalized spacial score (nSPS) is 11.5. The Morgan fingerprint density at radius 2 is 1.78 bits per heavy atom. The minimum atomic E-state index is -0.339. The van der Waals surface area contributed by atoms with Crippen LogP contribution in [0.15, 0.2) is 77.2 Å². The Labute approximate surface area is 214 Å². The molecule has 0 bridgehead atoms. The van der Waals surface area contributed by atoms with Gasteiger partial charge in [0.1, 0.15) is 11.3 Å². The van der Waals surface area contributed by atoms with Crippen LogP contribution in [-0.2, 0) is 0 Å². The Balaban J connectivity index is 1.36. The number of thiocarbonyl (C=S) groups is 1. The standard InChI is InChI=1S/C28H27N3O4S/c1-4-18(3)34-22-10-7-9-20(15-22)26(32)31-28(36)29-21-12-13-23(17(2)14-21)30-27(33)25-16-19-8-5-6-11-24(19)35-25/h5-16,18H,4H2,1-3H3,(H,30,33)(H2,29,31,32,36). The van der Waals surface area contributed by atoms with E-state index < -0.39 is 0 Å². The van der Waals surface area contributed by atoms with Gasteiger partial charge in [0.05, 0.1) is 6.10 Å². The maximum absolute atomic E-state index is 12.7. The summed E-state index contributed by atoms with van der Waals surface area (Å²) in [4.78, 5) is 25.3. The fourth-order valence-electron chi connectivity index (χ4n) is 3.52. The summed E-state index contributed by atoms with van der Waals surface area (Å²) < 4.78 is 11.4. The molecule has 0 aliphatic carbocycles. The molecule has 1 aromatic heterocycles. The van der Waals surface area contributed by atoms with E-state index in [0.29, 0.717) is 28.3 Å². The van der Waals surface area contributed by atoms with Crippen LogP contribution in [0.5, 0.6) is 5.75 Å². The van der Waals surface area contributed by atoms with Gasteiger partial charge < -0.3 is 19.8 Å². The molecule has 0 spiro atoms. The van der Waals surface area contributed by atoms with Crippen molar-refractivity contribution in [2.24, 2.45) is 0 Å². The predicted molar refractivity (Wildman–Crippen MR) is 146 cm³/mol. The molecule has 184 valence electrons. The number of hydrogen-bond acceptors (Lipinski definition) is 5. The molecule has 1 heterocycles. The zero-order valence-corrected chi connectivity index (χ0v) is 21.1. The number of nitrogens with one attached hydrogen (secondary N) is 3. The first-order chi connectivity index (χ1) is 17.3. The second kappa shape index (κ2) is 11.0. The minimum absolute atomic E-state index is 0.0563. The van der Waals surface area contributed by atoms with Gasteiger partial charge >= 0.3 is 0 Å². The van der Waals surface area contributed by atoms with E-state index in [1.165, 1.54) is 0 Å². The fraction of sp³-hybridized carbons (Fsp3) is 0.179. The monoisotopic (exact) mass is 501 g/mol. The predicted octanol–water partition coefficient (Wildman–Crippen LogP) is 6.30. The number of fused-ring (bicyclic) bond motifs is 1. The van der Waals surface area contributed by atoms with Crippen molar-refractivity contribution >= 4 is 51.5 Å². The second-order valence-corrected chi connectivity index (χ2v) is 8.81. The quantitative estimate of drug-likeness (QED) is 0.258. The number of furan rings is 1. The lowest BCUT2D eigenvalue weighted by atomic mass is 10.1. The van der Waals surface area contributed by atoms with Crippen molar-refractivity contribution in [2.75, 3.05) is 10.6 Å². The number of ether oxygens (including phenoxy) is 1. The molecule has 7 nitrogen and oxygen atoms in total. The average molecular weight is 502 g/mol. The molecule has 0 fully saturated rings. The summed E-state index contributed by atoms with van der Waals surface area (Å²) in [5, 5.41) is 9.58. The van der Waals surface area contributed by atoms with Gasteiger partial charge in [0.25, 0.3) is 11.8 Å². The molecule has 4 rings (SSSR count). The molecule has 0 saturated carbocycles. The Morgan fingerprint density at radius 1 is 0.972 bits per heavy atom. The van der Waals surface area contributed by atoms with E-state index in [-0.39, 0.29) is 28.8 Å². The number of hydrogen-bond donors (Lipinski definition) is 3. The van der Waals surface area contributed by atoms with Crippen molar-refractivity contribution in [3.8, 4) is 5.75 Å². The van der Waals surface area contributed by atoms with E-state index in [1.807, 2.05) is 57.2 Å². The van der Waals surface area contributed by atoms with Crippen LogP contribution in [0.2, 0.25) is 0 Å². The molecule has 0 saturated heterocycles. The average Bonchev–Trinajstić information content (AvgIpc) is 3.30. The Kier molecular flexibility index (Phi) is 7.65. The maximum Gasteiger partial charge on any atom is 0.291 e. The summed E-state index contributed by atoms with van der Waals surface area (Å²) in [7, 11) is 0. The van der Waals surface area contributed by atoms with Gasteiger partial charge in [-0.3, -0.25) is 14.9 Å². The highest BCUT2D eigenvalue weighted by Gasteiger charge is 2.14. The van der Waals surface area contributed by atoms with Gasteiger partial charge in [-0.25, -0.2) is 0 Å². The van der Waals surface area contributed by atoms with Crippen molar-refractivity contribution in [2.45, 2.75) is 33.3 Å². The number of carbonyl (C=O) groups excluding carboxylic acids is 2. The van der Waals surface area contributed by atoms with E-state index in [0.717, 1.165) is 17.4 Å². The van der Waals surface area contributed by atoms with Crippen LogP contribution in [0.3, 0.4) is 0 Å². The van der Waals surface area contributed by atoms with E-state index in [1.54, 1.807) is 36.4 Å². The molecule has 0 aliphatic rings. The maximum atomic E-state index is 12.7. The van der Waals surface area contributed by atoms with Crippen molar-refractivity contribution in [3.63, 3.8) is 0 Å². The summed E-state index contributed by atoms with van der Waals surface area (Å²) in [5.74, 6) is 0.193. The molecule has 3 N–H and O–H groups in total. The van der Waals surface area contributed by atoms with E-state index in [2.05, 4.69) is 16.0 Å². The fourth-order valence-corrected chi connectivity index (χ4v) is 3.73. The summed E-state index contributed by atoms with van der Waals surface area (Å²) in [6, 6.07) is 21.5.